The van der Waals surface area contributed by atoms with Gasteiger partial charge in [-0.3, -0.25) is 4.79 Å². The average Bonchev–Trinajstić information content (AvgIpc) is 2.77. The predicted molar refractivity (Wildman–Crippen MR) is 87.2 cm³/mol. The number of carbonyl (C=O) groups is 1. The second kappa shape index (κ2) is 4.56. The van der Waals surface area contributed by atoms with Gasteiger partial charge in [-0.25, -0.2) is 0 Å². The fourth-order valence-electron chi connectivity index (χ4n) is 6.52. The maximum atomic E-state index is 11.8. The van der Waals surface area contributed by atoms with Gasteiger partial charge in [-0.2, -0.15) is 0 Å². The summed E-state index contributed by atoms with van der Waals surface area (Å²) in [4.78, 5) is 11.8. The van der Waals surface area contributed by atoms with Crippen LogP contribution in [0, 0.1) is 34.5 Å². The van der Waals surface area contributed by atoms with Gasteiger partial charge in [0, 0.05) is 5.41 Å². The third kappa shape index (κ3) is 1.73. The molecule has 4 aliphatic carbocycles. The summed E-state index contributed by atoms with van der Waals surface area (Å²) in [6, 6.07) is 0. The van der Waals surface area contributed by atoms with E-state index in [0.717, 1.165) is 19.3 Å². The highest BCUT2D eigenvalue weighted by Gasteiger charge is 2.59. The molecular formula is C20H28O2. The van der Waals surface area contributed by atoms with E-state index < -0.39 is 0 Å². The highest BCUT2D eigenvalue weighted by molar-refractivity contribution is 6.01. The molecule has 0 bridgehead atoms. The van der Waals surface area contributed by atoms with Gasteiger partial charge in [0.1, 0.15) is 0 Å². The van der Waals surface area contributed by atoms with Crippen LogP contribution in [0.3, 0.4) is 0 Å². The number of hydrogen-bond donors (Lipinski definition) is 1. The van der Waals surface area contributed by atoms with Crippen LogP contribution in [0.15, 0.2) is 23.8 Å². The van der Waals surface area contributed by atoms with E-state index in [1.165, 1.54) is 18.4 Å². The Morgan fingerprint density at radius 3 is 2.73 bits per heavy atom. The molecule has 1 N–H and O–H groups in total. The van der Waals surface area contributed by atoms with E-state index in [1.807, 2.05) is 6.08 Å². The number of hydrogen-bond acceptors (Lipinski definition) is 2. The Balaban J connectivity index is 1.75. The molecule has 3 saturated carbocycles. The Bertz CT molecular complexity index is 574. The number of ketones is 1. The van der Waals surface area contributed by atoms with Crippen LogP contribution < -0.4 is 0 Å². The minimum absolute atomic E-state index is 0.0694. The lowest BCUT2D eigenvalue weighted by molar-refractivity contribution is -0.111. The van der Waals surface area contributed by atoms with Crippen molar-refractivity contribution in [2.75, 3.05) is 0 Å². The van der Waals surface area contributed by atoms with Gasteiger partial charge < -0.3 is 5.11 Å². The summed E-state index contributed by atoms with van der Waals surface area (Å²) in [5, 5.41) is 10.5. The Kier molecular flexibility index (Phi) is 3.05. The highest BCUT2D eigenvalue weighted by Crippen LogP contribution is 2.65. The standard InChI is InChI=1S/C20H28O2/c1-12-10-13-11-14(21)6-8-19(13,2)16-7-9-20(3)15(18(12)16)4-5-17(20)22/h6,8,11-12,15-18,22H,4-5,7,9-10H2,1-3H3/t12-,15+,16+,17+,18+,19+,20+/m1/s1. The van der Waals surface area contributed by atoms with Gasteiger partial charge in [0.25, 0.3) is 0 Å². The van der Waals surface area contributed by atoms with E-state index in [2.05, 4.69) is 26.8 Å². The van der Waals surface area contributed by atoms with Crippen molar-refractivity contribution in [3.63, 3.8) is 0 Å². The molecule has 0 radical (unpaired) electrons. The van der Waals surface area contributed by atoms with Gasteiger partial charge in [0.05, 0.1) is 6.10 Å². The van der Waals surface area contributed by atoms with Crippen LogP contribution in [0.2, 0.25) is 0 Å². The molecule has 0 amide bonds. The largest absolute Gasteiger partial charge is 0.393 e. The zero-order chi connectivity index (χ0) is 15.7. The summed E-state index contributed by atoms with van der Waals surface area (Å²) in [5.41, 5.74) is 1.55. The molecule has 0 saturated heterocycles. The monoisotopic (exact) mass is 300 g/mol. The smallest absolute Gasteiger partial charge is 0.178 e. The van der Waals surface area contributed by atoms with Crippen LogP contribution in [-0.4, -0.2) is 17.0 Å². The average molecular weight is 300 g/mol. The molecule has 0 aromatic heterocycles. The minimum Gasteiger partial charge on any atom is -0.393 e. The van der Waals surface area contributed by atoms with Crippen LogP contribution in [0.4, 0.5) is 0 Å². The number of aliphatic hydroxyl groups excluding tert-OH is 1. The van der Waals surface area contributed by atoms with Crippen molar-refractivity contribution < 1.29 is 9.90 Å². The van der Waals surface area contributed by atoms with Gasteiger partial charge in [0.15, 0.2) is 5.78 Å². The van der Waals surface area contributed by atoms with Crippen LogP contribution in [-0.2, 0) is 4.79 Å². The zero-order valence-electron chi connectivity index (χ0n) is 14.0. The number of aliphatic hydroxyl groups is 1. The van der Waals surface area contributed by atoms with Gasteiger partial charge in [-0.1, -0.05) is 32.4 Å². The number of allylic oxidation sites excluding steroid dienone is 4. The maximum absolute atomic E-state index is 11.8. The first-order valence-electron chi connectivity index (χ1n) is 8.98. The number of fused-ring (bicyclic) bond motifs is 5. The van der Waals surface area contributed by atoms with E-state index in [-0.39, 0.29) is 22.7 Å². The van der Waals surface area contributed by atoms with Crippen LogP contribution in [0.5, 0.6) is 0 Å². The van der Waals surface area contributed by atoms with Crippen molar-refractivity contribution >= 4 is 5.78 Å². The molecule has 22 heavy (non-hydrogen) atoms. The first-order chi connectivity index (χ1) is 10.4. The van der Waals surface area contributed by atoms with Crippen molar-refractivity contribution in [2.45, 2.75) is 59.0 Å². The molecule has 120 valence electrons. The molecule has 7 atom stereocenters. The molecule has 0 aliphatic heterocycles. The fourth-order valence-corrected chi connectivity index (χ4v) is 6.52. The Morgan fingerprint density at radius 1 is 1.18 bits per heavy atom. The lowest BCUT2D eigenvalue weighted by Crippen LogP contribution is -2.53. The topological polar surface area (TPSA) is 37.3 Å². The van der Waals surface area contributed by atoms with Gasteiger partial charge >= 0.3 is 0 Å². The summed E-state index contributed by atoms with van der Waals surface area (Å²) in [6.07, 6.45) is 11.3. The molecule has 4 rings (SSSR count). The fraction of sp³-hybridized carbons (Fsp3) is 0.750. The molecular weight excluding hydrogens is 272 g/mol. The number of rotatable bonds is 0. The van der Waals surface area contributed by atoms with Crippen LogP contribution >= 0.6 is 0 Å². The molecule has 4 aliphatic rings. The van der Waals surface area contributed by atoms with Gasteiger partial charge in [0.2, 0.25) is 0 Å². The quantitative estimate of drug-likeness (QED) is 0.736. The first-order valence-corrected chi connectivity index (χ1v) is 8.98. The van der Waals surface area contributed by atoms with Crippen molar-refractivity contribution in [3.8, 4) is 0 Å². The van der Waals surface area contributed by atoms with E-state index in [1.54, 1.807) is 6.08 Å². The van der Waals surface area contributed by atoms with Crippen molar-refractivity contribution in [1.29, 1.82) is 0 Å². The number of carbonyl (C=O) groups excluding carboxylic acids is 1. The summed E-state index contributed by atoms with van der Waals surface area (Å²) in [7, 11) is 0. The summed E-state index contributed by atoms with van der Waals surface area (Å²) in [5.74, 6) is 2.76. The minimum atomic E-state index is -0.112. The third-order valence-electron chi connectivity index (χ3n) is 7.85. The zero-order valence-corrected chi connectivity index (χ0v) is 14.0. The Morgan fingerprint density at radius 2 is 1.95 bits per heavy atom. The summed E-state index contributed by atoms with van der Waals surface area (Å²) >= 11 is 0. The molecule has 2 heteroatoms. The summed E-state index contributed by atoms with van der Waals surface area (Å²) in [6.45, 7) is 7.04. The highest BCUT2D eigenvalue weighted by atomic mass is 16.3. The van der Waals surface area contributed by atoms with Crippen molar-refractivity contribution in [1.82, 2.24) is 0 Å². The van der Waals surface area contributed by atoms with E-state index in [0.29, 0.717) is 23.7 Å². The van der Waals surface area contributed by atoms with E-state index in [4.69, 9.17) is 0 Å². The van der Waals surface area contributed by atoms with E-state index in [9.17, 15) is 9.90 Å². The molecule has 0 unspecified atom stereocenters. The Labute approximate surface area is 133 Å². The van der Waals surface area contributed by atoms with Crippen LogP contribution in [0.1, 0.15) is 52.9 Å². The maximum Gasteiger partial charge on any atom is 0.178 e. The van der Waals surface area contributed by atoms with E-state index >= 15 is 0 Å². The first kappa shape index (κ1) is 14.7. The van der Waals surface area contributed by atoms with Crippen molar-refractivity contribution in [3.05, 3.63) is 23.8 Å². The lowest BCUT2D eigenvalue weighted by atomic mass is 9.46. The SMILES string of the molecule is C[C@@H]1CC2=CC(=O)C=C[C@]2(C)[C@H]2CC[C@]3(C)[C@@H](O)CC[C@H]3[C@H]12. The second-order valence-electron chi connectivity index (χ2n) is 8.80. The van der Waals surface area contributed by atoms with Crippen molar-refractivity contribution in [2.24, 2.45) is 34.5 Å². The second-order valence-corrected chi connectivity index (χ2v) is 8.80. The molecule has 0 spiro atoms. The Hall–Kier alpha value is -0.890. The molecule has 2 nitrogen and oxygen atoms in total. The molecule has 0 heterocycles. The third-order valence-corrected chi connectivity index (χ3v) is 7.85. The molecule has 0 aromatic carbocycles. The predicted octanol–water partition coefficient (Wildman–Crippen LogP) is 3.90. The van der Waals surface area contributed by atoms with Gasteiger partial charge in [-0.05, 0) is 73.3 Å². The van der Waals surface area contributed by atoms with Crippen LogP contribution in [0.25, 0.3) is 0 Å². The molecule has 0 aromatic rings. The lowest BCUT2D eigenvalue weighted by Gasteiger charge is -2.58. The molecule has 3 fully saturated rings. The normalized spacial score (nSPS) is 53.5. The van der Waals surface area contributed by atoms with Gasteiger partial charge in [-0.15, -0.1) is 0 Å². The summed E-state index contributed by atoms with van der Waals surface area (Å²) < 4.78 is 0.